The van der Waals surface area contributed by atoms with E-state index >= 15 is 0 Å². The summed E-state index contributed by atoms with van der Waals surface area (Å²) >= 11 is 17.6. The van der Waals surface area contributed by atoms with Crippen LogP contribution in [0.4, 0.5) is 5.69 Å². The first-order valence-electron chi connectivity index (χ1n) is 8.87. The van der Waals surface area contributed by atoms with Crippen molar-refractivity contribution in [1.29, 1.82) is 0 Å². The largest absolute Gasteiger partial charge is 0.478 e. The maximum absolute atomic E-state index is 12.6. The predicted molar refractivity (Wildman–Crippen MR) is 119 cm³/mol. The molecule has 3 rings (SSSR count). The van der Waals surface area contributed by atoms with Crippen LogP contribution in [0.2, 0.25) is 15.2 Å². The molecule has 0 saturated heterocycles. The molecule has 0 unspecified atom stereocenters. The van der Waals surface area contributed by atoms with Crippen LogP contribution in [0, 0.1) is 0 Å². The lowest BCUT2D eigenvalue weighted by atomic mass is 10.0. The van der Waals surface area contributed by atoms with Crippen LogP contribution in [0.1, 0.15) is 29.8 Å². The van der Waals surface area contributed by atoms with Crippen molar-refractivity contribution < 1.29 is 14.3 Å². The average molecular weight is 464 g/mol. The van der Waals surface area contributed by atoms with E-state index in [1.807, 2.05) is 0 Å². The van der Waals surface area contributed by atoms with Gasteiger partial charge in [-0.2, -0.15) is 0 Å². The molecular formula is C22H17Cl3N2O3. The first kappa shape index (κ1) is 22.1. The van der Waals surface area contributed by atoms with Crippen LogP contribution < -0.4 is 10.1 Å². The minimum Gasteiger partial charge on any atom is -0.478 e. The highest BCUT2D eigenvalue weighted by molar-refractivity contribution is 6.41. The molecule has 0 radical (unpaired) electrons. The van der Waals surface area contributed by atoms with Gasteiger partial charge in [0.25, 0.3) is 5.91 Å². The number of carbonyl (C=O) groups is 2. The number of anilines is 1. The van der Waals surface area contributed by atoms with Gasteiger partial charge in [-0.25, -0.2) is 4.98 Å². The topological polar surface area (TPSA) is 68.3 Å². The van der Waals surface area contributed by atoms with E-state index in [0.29, 0.717) is 27.6 Å². The Kier molecular flexibility index (Phi) is 6.66. The van der Waals surface area contributed by atoms with Gasteiger partial charge in [0.1, 0.15) is 10.9 Å². The van der Waals surface area contributed by atoms with Gasteiger partial charge >= 0.3 is 0 Å². The fourth-order valence-electron chi connectivity index (χ4n) is 2.55. The molecular weight excluding hydrogens is 447 g/mol. The molecule has 154 valence electrons. The number of hydrogen-bond acceptors (Lipinski definition) is 4. The van der Waals surface area contributed by atoms with E-state index in [1.165, 1.54) is 12.3 Å². The van der Waals surface area contributed by atoms with Crippen molar-refractivity contribution >= 4 is 52.2 Å². The number of rotatable bonds is 6. The number of carbonyl (C=O) groups excluding carboxylic acids is 2. The van der Waals surface area contributed by atoms with Gasteiger partial charge in [-0.05, 0) is 68.4 Å². The van der Waals surface area contributed by atoms with E-state index in [1.54, 1.807) is 62.4 Å². The van der Waals surface area contributed by atoms with Gasteiger partial charge in [0.05, 0.1) is 16.9 Å². The van der Waals surface area contributed by atoms with Gasteiger partial charge in [-0.15, -0.1) is 0 Å². The molecule has 1 heterocycles. The van der Waals surface area contributed by atoms with E-state index in [2.05, 4.69) is 10.3 Å². The number of halogens is 3. The third kappa shape index (κ3) is 5.30. The van der Waals surface area contributed by atoms with Crippen molar-refractivity contribution in [2.45, 2.75) is 19.4 Å². The van der Waals surface area contributed by atoms with E-state index in [9.17, 15) is 9.59 Å². The Morgan fingerprint density at radius 1 is 0.933 bits per heavy atom. The summed E-state index contributed by atoms with van der Waals surface area (Å²) in [4.78, 5) is 29.1. The lowest BCUT2D eigenvalue weighted by molar-refractivity contribution is -0.128. The smallest absolute Gasteiger partial charge is 0.268 e. The molecule has 0 atom stereocenters. The fraction of sp³-hybridized carbons (Fsp3) is 0.136. The zero-order valence-corrected chi connectivity index (χ0v) is 18.3. The number of nitrogens with zero attached hydrogens (tertiary/aromatic N) is 1. The summed E-state index contributed by atoms with van der Waals surface area (Å²) in [6, 6.07) is 14.7. The van der Waals surface area contributed by atoms with E-state index in [0.717, 1.165) is 0 Å². The lowest BCUT2D eigenvalue weighted by Crippen LogP contribution is -2.42. The third-order valence-electron chi connectivity index (χ3n) is 4.20. The van der Waals surface area contributed by atoms with Crippen LogP contribution in [-0.2, 0) is 4.79 Å². The van der Waals surface area contributed by atoms with Crippen LogP contribution in [0.25, 0.3) is 0 Å². The van der Waals surface area contributed by atoms with Crippen LogP contribution in [-0.4, -0.2) is 22.3 Å². The molecule has 2 aromatic carbocycles. The molecule has 0 saturated carbocycles. The molecule has 1 N–H and O–H groups in total. The Labute approximate surface area is 188 Å². The number of aromatic nitrogens is 1. The second-order valence-electron chi connectivity index (χ2n) is 6.92. The van der Waals surface area contributed by atoms with Gasteiger partial charge < -0.3 is 10.1 Å². The zero-order valence-electron chi connectivity index (χ0n) is 16.1. The monoisotopic (exact) mass is 462 g/mol. The maximum Gasteiger partial charge on any atom is 0.268 e. The van der Waals surface area contributed by atoms with Gasteiger partial charge in [-0.1, -0.05) is 34.8 Å². The second-order valence-corrected chi connectivity index (χ2v) is 8.13. The minimum atomic E-state index is -1.20. The van der Waals surface area contributed by atoms with E-state index in [-0.39, 0.29) is 16.0 Å². The summed E-state index contributed by atoms with van der Waals surface area (Å²) < 4.78 is 5.83. The van der Waals surface area contributed by atoms with Crippen molar-refractivity contribution in [3.05, 3.63) is 87.1 Å². The summed E-state index contributed by atoms with van der Waals surface area (Å²) in [6.45, 7) is 3.25. The number of pyridine rings is 1. The molecule has 8 heteroatoms. The molecule has 0 bridgehead atoms. The highest BCUT2D eigenvalue weighted by atomic mass is 35.5. The standard InChI is InChI=1S/C22H17Cl3N2O3/c1-22(2,21(29)27-16-11-18(24)20(25)26-12-16)30-17-9-5-14(6-10-17)19(28)13-3-7-15(23)8-4-13/h3-12H,1-2H3,(H,27,29). The Bertz CT molecular complexity index is 1080. The normalized spacial score (nSPS) is 11.1. The number of ether oxygens (including phenoxy) is 1. The maximum atomic E-state index is 12.6. The Morgan fingerprint density at radius 2 is 1.50 bits per heavy atom. The van der Waals surface area contributed by atoms with E-state index in [4.69, 9.17) is 39.5 Å². The number of amides is 1. The summed E-state index contributed by atoms with van der Waals surface area (Å²) in [5, 5.41) is 3.64. The Hall–Kier alpha value is -2.60. The van der Waals surface area contributed by atoms with Gasteiger partial charge in [0, 0.05) is 16.1 Å². The molecule has 0 aliphatic heterocycles. The van der Waals surface area contributed by atoms with Crippen molar-refractivity contribution in [1.82, 2.24) is 4.98 Å². The predicted octanol–water partition coefficient (Wildman–Crippen LogP) is 6.07. The first-order valence-corrected chi connectivity index (χ1v) is 10.0. The molecule has 1 amide bonds. The molecule has 0 fully saturated rings. The minimum absolute atomic E-state index is 0.137. The van der Waals surface area contributed by atoms with Gasteiger partial charge in [0.15, 0.2) is 11.4 Å². The number of benzene rings is 2. The van der Waals surface area contributed by atoms with Crippen LogP contribution in [0.5, 0.6) is 5.75 Å². The van der Waals surface area contributed by atoms with E-state index < -0.39 is 11.5 Å². The summed E-state index contributed by atoms with van der Waals surface area (Å²) in [6.07, 6.45) is 1.40. The fourth-order valence-corrected chi connectivity index (χ4v) is 2.95. The molecule has 0 aliphatic carbocycles. The van der Waals surface area contributed by atoms with Crippen LogP contribution >= 0.6 is 34.8 Å². The molecule has 3 aromatic rings. The zero-order chi connectivity index (χ0) is 21.9. The molecule has 0 aliphatic rings. The van der Waals surface area contributed by atoms with Crippen LogP contribution in [0.15, 0.2) is 60.8 Å². The number of nitrogens with one attached hydrogen (secondary N) is 1. The molecule has 1 aromatic heterocycles. The summed E-state index contributed by atoms with van der Waals surface area (Å²) in [7, 11) is 0. The Morgan fingerprint density at radius 3 is 2.07 bits per heavy atom. The highest BCUT2D eigenvalue weighted by Crippen LogP contribution is 2.25. The Balaban J connectivity index is 1.68. The van der Waals surface area contributed by atoms with Crippen LogP contribution in [0.3, 0.4) is 0 Å². The highest BCUT2D eigenvalue weighted by Gasteiger charge is 2.30. The van der Waals surface area contributed by atoms with Gasteiger partial charge in [0.2, 0.25) is 0 Å². The number of ketones is 1. The summed E-state index contributed by atoms with van der Waals surface area (Å²) in [5.74, 6) is -0.0959. The number of hydrogen-bond donors (Lipinski definition) is 1. The molecule has 5 nitrogen and oxygen atoms in total. The van der Waals surface area contributed by atoms with Crippen molar-refractivity contribution in [3.8, 4) is 5.75 Å². The average Bonchev–Trinajstić information content (AvgIpc) is 2.71. The quantitative estimate of drug-likeness (QED) is 0.356. The van der Waals surface area contributed by atoms with Crippen molar-refractivity contribution in [3.63, 3.8) is 0 Å². The van der Waals surface area contributed by atoms with Gasteiger partial charge in [-0.3, -0.25) is 9.59 Å². The first-order chi connectivity index (χ1) is 14.2. The summed E-state index contributed by atoms with van der Waals surface area (Å²) in [5.41, 5.74) is 0.222. The SMILES string of the molecule is CC(C)(Oc1ccc(C(=O)c2ccc(Cl)cc2)cc1)C(=O)Nc1cnc(Cl)c(Cl)c1. The lowest BCUT2D eigenvalue weighted by Gasteiger charge is -2.25. The molecule has 30 heavy (non-hydrogen) atoms. The molecule has 0 spiro atoms. The van der Waals surface area contributed by atoms with Crippen molar-refractivity contribution in [2.75, 3.05) is 5.32 Å². The van der Waals surface area contributed by atoms with Crippen molar-refractivity contribution in [2.24, 2.45) is 0 Å². The third-order valence-corrected chi connectivity index (χ3v) is 5.13. The second kappa shape index (κ2) is 9.04.